The average molecular weight is 748 g/mol. The van der Waals surface area contributed by atoms with Crippen molar-refractivity contribution in [3.63, 3.8) is 0 Å². The van der Waals surface area contributed by atoms with E-state index in [2.05, 4.69) is 0 Å². The number of hydrogen-bond acceptors (Lipinski definition) is 0. The number of hydrogen-bond donors (Lipinski definition) is 0. The quantitative estimate of drug-likeness (QED) is 0.167. The van der Waals surface area contributed by atoms with Gasteiger partial charge in [0.05, 0.1) is 74.6 Å². The Hall–Kier alpha value is -7.62. The van der Waals surface area contributed by atoms with Gasteiger partial charge in [-0.2, -0.15) is 0 Å². The molecule has 0 saturated carbocycles. The Balaban J connectivity index is 1.35. The summed E-state index contributed by atoms with van der Waals surface area (Å²) < 4.78 is 207. The van der Waals surface area contributed by atoms with Crippen LogP contribution in [0.4, 0.5) is 0 Å². The van der Waals surface area contributed by atoms with Crippen LogP contribution in [0.15, 0.2) is 212 Å². The molecule has 12 rings (SSSR count). The van der Waals surface area contributed by atoms with Crippen LogP contribution in [-0.2, 0) is 0 Å². The Bertz CT molecular complexity index is 4730. The van der Waals surface area contributed by atoms with Gasteiger partial charge in [-0.3, -0.25) is 0 Å². The maximum absolute atomic E-state index is 9.92. The van der Waals surface area contributed by atoms with Crippen LogP contribution in [0.2, 0.25) is 0 Å². The zero-order chi connectivity index (χ0) is 56.6. The van der Waals surface area contributed by atoms with Crippen molar-refractivity contribution in [2.24, 2.45) is 0 Å². The minimum absolute atomic E-state index is 0.183. The molecule has 0 spiro atoms. The summed E-state index contributed by atoms with van der Waals surface area (Å²) in [5.74, 6) is 0. The second-order valence-corrected chi connectivity index (χ2v) is 13.3. The van der Waals surface area contributed by atoms with Crippen LogP contribution in [0, 0.1) is 0 Å². The Kier molecular flexibility index (Phi) is 3.72. The number of rotatable bonds is 5. The molecule has 57 heavy (non-hydrogen) atoms. The topological polar surface area (TPSA) is 14.8 Å². The standard InChI is InChI=1S/C54H35N3/c1-2-16-36(17-3-1)37-18-12-19-38(34-37)39-20-13-21-40(35-39)55-46-27-8-6-24-43(46)44-26-14-33-52(54(44)55)57-49-30-11-7-25-45(49)53-50(31-15-32-51(53)57)56-47-28-9-4-22-41(47)42-23-5-10-29-48(42)56/h1-35H/i4D,5D,6D,7D,8D,9D,10D,11D,14D,15D,22D,23D,24D,25D,26D,27D,28D,29D,30D,31D,32D,33D. The van der Waals surface area contributed by atoms with E-state index in [1.165, 1.54) is 4.57 Å². The van der Waals surface area contributed by atoms with Gasteiger partial charge < -0.3 is 13.7 Å². The van der Waals surface area contributed by atoms with E-state index in [4.69, 9.17) is 13.7 Å². The van der Waals surface area contributed by atoms with Gasteiger partial charge >= 0.3 is 0 Å². The Morgan fingerprint density at radius 1 is 0.316 bits per heavy atom. The molecule has 266 valence electrons. The van der Waals surface area contributed by atoms with Crippen molar-refractivity contribution >= 4 is 65.4 Å². The van der Waals surface area contributed by atoms with Crippen molar-refractivity contribution < 1.29 is 30.2 Å². The largest absolute Gasteiger partial charge is 0.309 e. The van der Waals surface area contributed by atoms with Crippen molar-refractivity contribution in [1.29, 1.82) is 0 Å². The molecule has 3 heterocycles. The molecule has 3 nitrogen and oxygen atoms in total. The SMILES string of the molecule is [2H]c1c([2H])c([2H])c2c(c1[2H])c1c([2H])c([2H])c([2H])c(-n3c4c([2H])c([2H])c([2H])c([2H])c4c4c(-n5c6c([2H])c([2H])c([2H])c([2H])c6c6c([2H])c([2H])c([2H])c([2H])c65)c([2H])c([2H])c([2H])c43)c1n2-c1cccc(-c2cccc(-c3ccccc3)c2)c1. The molecule has 0 saturated heterocycles. The minimum Gasteiger partial charge on any atom is -0.309 e. The number of para-hydroxylation sites is 5. The van der Waals surface area contributed by atoms with Crippen LogP contribution in [0.5, 0.6) is 0 Å². The van der Waals surface area contributed by atoms with Crippen molar-refractivity contribution in [2.75, 3.05) is 0 Å². The first kappa shape index (κ1) is 17.0. The third kappa shape index (κ3) is 4.73. The van der Waals surface area contributed by atoms with Gasteiger partial charge in [-0.05, 0) is 82.7 Å². The summed E-state index contributed by atoms with van der Waals surface area (Å²) in [4.78, 5) is 0. The van der Waals surface area contributed by atoms with Crippen LogP contribution in [0.25, 0.3) is 105 Å². The zero-order valence-electron chi connectivity index (χ0n) is 51.3. The van der Waals surface area contributed by atoms with E-state index in [9.17, 15) is 16.4 Å². The molecule has 0 bridgehead atoms. The van der Waals surface area contributed by atoms with Gasteiger partial charge in [0.15, 0.2) is 0 Å². The maximum atomic E-state index is 9.92. The molecular formula is C54H35N3. The molecule has 3 aromatic heterocycles. The predicted octanol–water partition coefficient (Wildman–Crippen LogP) is 14.3. The van der Waals surface area contributed by atoms with Crippen molar-refractivity contribution in [1.82, 2.24) is 13.7 Å². The van der Waals surface area contributed by atoms with Gasteiger partial charge in [-0.15, -0.1) is 0 Å². The van der Waals surface area contributed by atoms with Crippen molar-refractivity contribution in [3.05, 3.63) is 212 Å². The van der Waals surface area contributed by atoms with E-state index in [-0.39, 0.29) is 27.5 Å². The van der Waals surface area contributed by atoms with E-state index in [0.717, 1.165) is 20.3 Å². The molecule has 12 aromatic rings. The lowest BCUT2D eigenvalue weighted by molar-refractivity contribution is 1.13. The molecule has 0 fully saturated rings. The van der Waals surface area contributed by atoms with E-state index in [1.54, 1.807) is 24.3 Å². The number of benzene rings is 9. The van der Waals surface area contributed by atoms with E-state index < -0.39 is 188 Å². The lowest BCUT2D eigenvalue weighted by atomic mass is 9.99. The summed E-state index contributed by atoms with van der Waals surface area (Å²) in [5, 5.41) is -2.43. The highest BCUT2D eigenvalue weighted by molar-refractivity contribution is 6.18. The molecule has 0 aliphatic rings. The highest BCUT2D eigenvalue weighted by Gasteiger charge is 2.23. The summed E-state index contributed by atoms with van der Waals surface area (Å²) in [5.41, 5.74) is -0.532. The average Bonchev–Trinajstić information content (AvgIpc) is 3.34. The fourth-order valence-corrected chi connectivity index (χ4v) is 7.90. The van der Waals surface area contributed by atoms with E-state index in [1.807, 2.05) is 54.6 Å². The number of nitrogens with zero attached hydrogens (tertiary/aromatic N) is 3. The van der Waals surface area contributed by atoms with Gasteiger partial charge in [0.2, 0.25) is 0 Å². The zero-order valence-corrected chi connectivity index (χ0v) is 29.3. The molecule has 0 aliphatic carbocycles. The van der Waals surface area contributed by atoms with Gasteiger partial charge in [0.25, 0.3) is 0 Å². The van der Waals surface area contributed by atoms with Gasteiger partial charge in [-0.25, -0.2) is 0 Å². The van der Waals surface area contributed by atoms with Crippen LogP contribution in [0.1, 0.15) is 30.2 Å². The molecule has 0 amide bonds. The second kappa shape index (κ2) is 12.5. The molecule has 9 aromatic carbocycles. The smallest absolute Gasteiger partial charge is 0.0782 e. The summed E-state index contributed by atoms with van der Waals surface area (Å²) in [7, 11) is 0. The van der Waals surface area contributed by atoms with Crippen LogP contribution < -0.4 is 0 Å². The molecule has 3 heteroatoms. The summed E-state index contributed by atoms with van der Waals surface area (Å²) in [6, 6.07) is 6.59. The first-order chi connectivity index (χ1) is 37.5. The monoisotopic (exact) mass is 747 g/mol. The summed E-state index contributed by atoms with van der Waals surface area (Å²) >= 11 is 0. The third-order valence-electron chi connectivity index (χ3n) is 10.3. The first-order valence-electron chi connectivity index (χ1n) is 28.8. The fourth-order valence-electron chi connectivity index (χ4n) is 7.90. The Morgan fingerprint density at radius 3 is 1.47 bits per heavy atom. The second-order valence-electron chi connectivity index (χ2n) is 13.3. The molecule has 0 atom stereocenters. The van der Waals surface area contributed by atoms with Crippen LogP contribution in [0.3, 0.4) is 0 Å². The minimum atomic E-state index is -0.935. The van der Waals surface area contributed by atoms with Gasteiger partial charge in [-0.1, -0.05) is 151 Å². The molecule has 0 unspecified atom stereocenters. The van der Waals surface area contributed by atoms with Crippen LogP contribution in [-0.4, -0.2) is 13.7 Å². The fraction of sp³-hybridized carbons (Fsp3) is 0. The lowest BCUT2D eigenvalue weighted by Gasteiger charge is -2.16. The lowest BCUT2D eigenvalue weighted by Crippen LogP contribution is -2.01. The molecular weight excluding hydrogens is 691 g/mol. The summed E-state index contributed by atoms with van der Waals surface area (Å²) in [6.07, 6.45) is 0. The number of aromatic nitrogens is 3. The normalized spacial score (nSPS) is 17.3. The van der Waals surface area contributed by atoms with Crippen molar-refractivity contribution in [3.8, 4) is 39.3 Å². The Morgan fingerprint density at radius 2 is 0.772 bits per heavy atom. The maximum Gasteiger partial charge on any atom is 0.0782 e. The molecule has 0 aliphatic heterocycles. The third-order valence-corrected chi connectivity index (χ3v) is 10.3. The van der Waals surface area contributed by atoms with Gasteiger partial charge in [0, 0.05) is 38.0 Å². The van der Waals surface area contributed by atoms with E-state index in [0.29, 0.717) is 11.1 Å². The molecule has 0 radical (unpaired) electrons. The van der Waals surface area contributed by atoms with Crippen molar-refractivity contribution in [2.45, 2.75) is 0 Å². The number of fused-ring (bicyclic) bond motifs is 9. The highest BCUT2D eigenvalue weighted by atomic mass is 15.1. The first-order valence-corrected chi connectivity index (χ1v) is 17.8. The Labute approximate surface area is 360 Å². The molecule has 0 N–H and O–H groups in total. The summed E-state index contributed by atoms with van der Waals surface area (Å²) in [6.45, 7) is 0. The predicted molar refractivity (Wildman–Crippen MR) is 240 cm³/mol. The van der Waals surface area contributed by atoms with Crippen LogP contribution >= 0.6 is 0 Å². The highest BCUT2D eigenvalue weighted by Crippen LogP contribution is 2.43. The van der Waals surface area contributed by atoms with E-state index >= 15 is 0 Å². The van der Waals surface area contributed by atoms with Gasteiger partial charge in [0.1, 0.15) is 0 Å².